The van der Waals surface area contributed by atoms with E-state index in [1.165, 1.54) is 24.0 Å². The van der Waals surface area contributed by atoms with E-state index in [-0.39, 0.29) is 11.9 Å². The predicted octanol–water partition coefficient (Wildman–Crippen LogP) is 2.58. The first kappa shape index (κ1) is 14.6. The molecule has 2 aliphatic carbocycles. The molecule has 3 rings (SSSR count). The molecule has 0 heterocycles. The first-order valence-corrected chi connectivity index (χ1v) is 8.35. The third-order valence-electron chi connectivity index (χ3n) is 4.93. The average Bonchev–Trinajstić information content (AvgIpc) is 3.00. The summed E-state index contributed by atoms with van der Waals surface area (Å²) in [5.74, 6) is 0.167. The monoisotopic (exact) mass is 286 g/mol. The van der Waals surface area contributed by atoms with Crippen molar-refractivity contribution in [3.63, 3.8) is 0 Å². The fourth-order valence-corrected chi connectivity index (χ4v) is 3.67. The van der Waals surface area contributed by atoms with Gasteiger partial charge in [0.05, 0.1) is 6.04 Å². The lowest BCUT2D eigenvalue weighted by Gasteiger charge is -2.28. The third kappa shape index (κ3) is 3.65. The van der Waals surface area contributed by atoms with E-state index in [9.17, 15) is 4.79 Å². The molecule has 1 aromatic rings. The van der Waals surface area contributed by atoms with E-state index in [1.807, 2.05) is 6.92 Å². The second-order valence-electron chi connectivity index (χ2n) is 6.59. The van der Waals surface area contributed by atoms with Gasteiger partial charge in [-0.25, -0.2) is 0 Å². The normalized spacial score (nSPS) is 23.6. The van der Waals surface area contributed by atoms with Gasteiger partial charge in [-0.05, 0) is 50.2 Å². The van der Waals surface area contributed by atoms with Crippen molar-refractivity contribution < 1.29 is 4.79 Å². The fraction of sp³-hybridized carbons (Fsp3) is 0.611. The Morgan fingerprint density at radius 2 is 1.81 bits per heavy atom. The Hall–Kier alpha value is -1.35. The molecule has 3 nitrogen and oxygen atoms in total. The van der Waals surface area contributed by atoms with Crippen molar-refractivity contribution in [2.24, 2.45) is 0 Å². The number of hydrogen-bond donors (Lipinski definition) is 2. The highest BCUT2D eigenvalue weighted by molar-refractivity contribution is 5.81. The lowest BCUT2D eigenvalue weighted by atomic mass is 9.88. The molecule has 2 atom stereocenters. The maximum absolute atomic E-state index is 12.2. The Labute approximate surface area is 127 Å². The Bertz CT molecular complexity index is 494. The molecule has 2 unspecified atom stereocenters. The van der Waals surface area contributed by atoms with E-state index in [2.05, 4.69) is 34.9 Å². The maximum atomic E-state index is 12.2. The molecule has 0 aromatic heterocycles. The third-order valence-corrected chi connectivity index (χ3v) is 4.93. The van der Waals surface area contributed by atoms with Crippen molar-refractivity contribution in [2.45, 2.75) is 70.0 Å². The van der Waals surface area contributed by atoms with Gasteiger partial charge in [-0.2, -0.15) is 0 Å². The minimum absolute atomic E-state index is 0.0964. The van der Waals surface area contributed by atoms with Gasteiger partial charge in [-0.1, -0.05) is 37.1 Å². The molecule has 0 saturated heterocycles. The second kappa shape index (κ2) is 6.61. The lowest BCUT2D eigenvalue weighted by Crippen LogP contribution is -2.50. The summed E-state index contributed by atoms with van der Waals surface area (Å²) < 4.78 is 0. The van der Waals surface area contributed by atoms with Gasteiger partial charge < -0.3 is 10.6 Å². The van der Waals surface area contributed by atoms with Crippen molar-refractivity contribution >= 4 is 5.91 Å². The van der Waals surface area contributed by atoms with Crippen molar-refractivity contribution in [1.29, 1.82) is 0 Å². The van der Waals surface area contributed by atoms with Crippen molar-refractivity contribution in [1.82, 2.24) is 10.6 Å². The summed E-state index contributed by atoms with van der Waals surface area (Å²) in [6.07, 6.45) is 8.09. The van der Waals surface area contributed by atoms with Gasteiger partial charge in [0.1, 0.15) is 0 Å². The van der Waals surface area contributed by atoms with Crippen LogP contribution in [0.1, 0.15) is 50.2 Å². The number of amides is 1. The number of benzene rings is 1. The van der Waals surface area contributed by atoms with Gasteiger partial charge in [0.25, 0.3) is 0 Å². The van der Waals surface area contributed by atoms with Gasteiger partial charge >= 0.3 is 0 Å². The molecule has 0 spiro atoms. The van der Waals surface area contributed by atoms with Gasteiger partial charge in [0.2, 0.25) is 5.91 Å². The van der Waals surface area contributed by atoms with Crippen LogP contribution in [-0.2, 0) is 17.6 Å². The smallest absolute Gasteiger partial charge is 0.237 e. The van der Waals surface area contributed by atoms with E-state index < -0.39 is 0 Å². The summed E-state index contributed by atoms with van der Waals surface area (Å²) in [5, 5.41) is 6.71. The summed E-state index contributed by atoms with van der Waals surface area (Å²) in [6, 6.07) is 9.40. The molecule has 0 bridgehead atoms. The Balaban J connectivity index is 1.51. The quantitative estimate of drug-likeness (QED) is 0.893. The van der Waals surface area contributed by atoms with Gasteiger partial charge in [-0.15, -0.1) is 0 Å². The van der Waals surface area contributed by atoms with E-state index in [0.29, 0.717) is 12.1 Å². The van der Waals surface area contributed by atoms with Crippen LogP contribution in [0, 0.1) is 0 Å². The fourth-order valence-electron chi connectivity index (χ4n) is 3.67. The minimum Gasteiger partial charge on any atom is -0.352 e. The minimum atomic E-state index is -0.0964. The zero-order chi connectivity index (χ0) is 14.7. The van der Waals surface area contributed by atoms with Crippen LogP contribution in [0.25, 0.3) is 0 Å². The maximum Gasteiger partial charge on any atom is 0.237 e. The molecule has 1 saturated carbocycles. The van der Waals surface area contributed by atoms with Crippen LogP contribution in [0.3, 0.4) is 0 Å². The summed E-state index contributed by atoms with van der Waals surface area (Å²) in [4.78, 5) is 12.2. The molecule has 1 fully saturated rings. The van der Waals surface area contributed by atoms with Crippen LogP contribution in [0.15, 0.2) is 24.3 Å². The van der Waals surface area contributed by atoms with Gasteiger partial charge in [0, 0.05) is 12.1 Å². The summed E-state index contributed by atoms with van der Waals surface area (Å²) in [6.45, 7) is 1.99. The molecule has 2 aliphatic rings. The number of aryl methyl sites for hydroxylation is 1. The molecule has 0 radical (unpaired) electrons. The first-order valence-electron chi connectivity index (χ1n) is 8.35. The topological polar surface area (TPSA) is 41.1 Å². The molecule has 1 amide bonds. The Kier molecular flexibility index (Phi) is 4.59. The predicted molar refractivity (Wildman–Crippen MR) is 85.3 cm³/mol. The number of carbonyl (C=O) groups is 1. The highest BCUT2D eigenvalue weighted by atomic mass is 16.2. The van der Waals surface area contributed by atoms with Gasteiger partial charge in [0.15, 0.2) is 0 Å². The molecule has 3 heteroatoms. The molecule has 114 valence electrons. The summed E-state index contributed by atoms with van der Waals surface area (Å²) in [7, 11) is 0. The highest BCUT2D eigenvalue weighted by Gasteiger charge is 2.24. The molecule has 2 N–H and O–H groups in total. The van der Waals surface area contributed by atoms with Crippen LogP contribution in [-0.4, -0.2) is 24.0 Å². The largest absolute Gasteiger partial charge is 0.352 e. The zero-order valence-corrected chi connectivity index (χ0v) is 12.9. The van der Waals surface area contributed by atoms with Crippen LogP contribution >= 0.6 is 0 Å². The zero-order valence-electron chi connectivity index (χ0n) is 12.9. The lowest BCUT2D eigenvalue weighted by molar-refractivity contribution is -0.123. The molecule has 0 aliphatic heterocycles. The van der Waals surface area contributed by atoms with Gasteiger partial charge in [-0.3, -0.25) is 4.79 Å². The number of nitrogens with one attached hydrogen (secondary N) is 2. The Morgan fingerprint density at radius 3 is 2.57 bits per heavy atom. The van der Waals surface area contributed by atoms with E-state index in [1.54, 1.807) is 0 Å². The average molecular weight is 286 g/mol. The Morgan fingerprint density at radius 1 is 1.10 bits per heavy atom. The number of rotatable bonds is 4. The molecule has 1 aromatic carbocycles. The number of fused-ring (bicyclic) bond motifs is 1. The SMILES string of the molecule is CC(NC1CCc2ccccc2C1)C(=O)NC1CCCC1. The van der Waals surface area contributed by atoms with Crippen molar-refractivity contribution in [3.05, 3.63) is 35.4 Å². The highest BCUT2D eigenvalue weighted by Crippen LogP contribution is 2.21. The van der Waals surface area contributed by atoms with Crippen LogP contribution in [0.2, 0.25) is 0 Å². The first-order chi connectivity index (χ1) is 10.2. The molecule has 21 heavy (non-hydrogen) atoms. The van der Waals surface area contributed by atoms with E-state index in [0.717, 1.165) is 32.1 Å². The van der Waals surface area contributed by atoms with Crippen LogP contribution < -0.4 is 10.6 Å². The van der Waals surface area contributed by atoms with Crippen molar-refractivity contribution in [3.8, 4) is 0 Å². The standard InChI is InChI=1S/C18H26N2O/c1-13(18(21)20-16-8-4-5-9-16)19-17-11-10-14-6-2-3-7-15(14)12-17/h2-3,6-7,13,16-17,19H,4-5,8-12H2,1H3,(H,20,21). The van der Waals surface area contributed by atoms with Crippen LogP contribution in [0.4, 0.5) is 0 Å². The molecular weight excluding hydrogens is 260 g/mol. The van der Waals surface area contributed by atoms with Crippen LogP contribution in [0.5, 0.6) is 0 Å². The molecular formula is C18H26N2O. The number of carbonyl (C=O) groups excluding carboxylic acids is 1. The summed E-state index contributed by atoms with van der Waals surface area (Å²) >= 11 is 0. The second-order valence-corrected chi connectivity index (χ2v) is 6.59. The van der Waals surface area contributed by atoms with Crippen molar-refractivity contribution in [2.75, 3.05) is 0 Å². The number of hydrogen-bond acceptors (Lipinski definition) is 2. The summed E-state index contributed by atoms with van der Waals surface area (Å²) in [5.41, 5.74) is 2.91. The van der Waals surface area contributed by atoms with E-state index in [4.69, 9.17) is 0 Å². The van der Waals surface area contributed by atoms with E-state index >= 15 is 0 Å².